The second-order valence-electron chi connectivity index (χ2n) is 5.87. The zero-order valence-electron chi connectivity index (χ0n) is 13.0. The quantitative estimate of drug-likeness (QED) is 0.880. The Hall–Kier alpha value is -1.91. The van der Waals surface area contributed by atoms with Crippen LogP contribution in [0.25, 0.3) is 0 Å². The van der Waals surface area contributed by atoms with Gasteiger partial charge in [-0.3, -0.25) is 0 Å². The summed E-state index contributed by atoms with van der Waals surface area (Å²) < 4.78 is 5.37. The fourth-order valence-electron chi connectivity index (χ4n) is 2.87. The summed E-state index contributed by atoms with van der Waals surface area (Å²) in [5.41, 5.74) is 0. The third-order valence-corrected chi connectivity index (χ3v) is 4.22. The molecule has 0 amide bonds. The van der Waals surface area contributed by atoms with Gasteiger partial charge in [-0.1, -0.05) is 0 Å². The van der Waals surface area contributed by atoms with Gasteiger partial charge in [-0.15, -0.1) is 0 Å². The second kappa shape index (κ2) is 6.90. The first-order chi connectivity index (χ1) is 10.7. The number of morpholine rings is 1. The smallest absolute Gasteiger partial charge is 0.236 e. The van der Waals surface area contributed by atoms with Crippen molar-refractivity contribution in [3.63, 3.8) is 0 Å². The predicted octanol–water partition coefficient (Wildman–Crippen LogP) is 0.691. The molecule has 7 nitrogen and oxygen atoms in total. The maximum absolute atomic E-state index is 9.17. The number of nitrogens with one attached hydrogen (secondary N) is 1. The van der Waals surface area contributed by atoms with E-state index >= 15 is 0 Å². The number of nitrogens with zero attached hydrogens (tertiary/aromatic N) is 5. The Morgan fingerprint density at radius 2 is 1.95 bits per heavy atom. The van der Waals surface area contributed by atoms with Crippen LogP contribution in [0, 0.1) is 11.3 Å². The first-order valence-electron chi connectivity index (χ1n) is 7.81. The Labute approximate surface area is 130 Å². The first-order valence-corrected chi connectivity index (χ1v) is 7.81. The van der Waals surface area contributed by atoms with Crippen molar-refractivity contribution in [2.75, 3.05) is 56.7 Å². The lowest BCUT2D eigenvalue weighted by molar-refractivity contribution is 0.122. The minimum Gasteiger partial charge on any atom is -0.378 e. The van der Waals surface area contributed by atoms with E-state index < -0.39 is 0 Å². The molecule has 0 radical (unpaired) electrons. The standard InChI is InChI=1S/C15H22N6O/c1-20-4-2-12(3-5-20)17-13-10-15(19-14(11-16)18-13)21-6-8-22-9-7-21/h10,12H,2-9H2,1H3,(H,17,18,19). The number of ether oxygens (including phenoxy) is 1. The Bertz CT molecular complexity index is 543. The molecule has 22 heavy (non-hydrogen) atoms. The summed E-state index contributed by atoms with van der Waals surface area (Å²) in [6, 6.07) is 4.42. The number of rotatable bonds is 3. The largest absolute Gasteiger partial charge is 0.378 e. The highest BCUT2D eigenvalue weighted by Crippen LogP contribution is 2.20. The summed E-state index contributed by atoms with van der Waals surface area (Å²) in [5.74, 6) is 1.78. The van der Waals surface area contributed by atoms with Crippen molar-refractivity contribution in [3.05, 3.63) is 11.9 Å². The Morgan fingerprint density at radius 1 is 1.23 bits per heavy atom. The molecule has 7 heteroatoms. The van der Waals surface area contributed by atoms with Crippen LogP contribution in [-0.4, -0.2) is 67.4 Å². The van der Waals surface area contributed by atoms with Gasteiger partial charge >= 0.3 is 0 Å². The van der Waals surface area contributed by atoms with Crippen LogP contribution in [-0.2, 0) is 4.74 Å². The van der Waals surface area contributed by atoms with Gasteiger partial charge in [-0.05, 0) is 33.0 Å². The molecule has 2 aliphatic heterocycles. The molecule has 1 N–H and O–H groups in total. The summed E-state index contributed by atoms with van der Waals surface area (Å²) in [5, 5.41) is 12.6. The van der Waals surface area contributed by atoms with Gasteiger partial charge in [0.1, 0.15) is 17.7 Å². The van der Waals surface area contributed by atoms with E-state index in [1.165, 1.54) is 0 Å². The monoisotopic (exact) mass is 302 g/mol. The molecule has 118 valence electrons. The number of piperidine rings is 1. The van der Waals surface area contributed by atoms with Gasteiger partial charge in [0.05, 0.1) is 13.2 Å². The van der Waals surface area contributed by atoms with Crippen LogP contribution in [0.5, 0.6) is 0 Å². The molecular weight excluding hydrogens is 280 g/mol. The van der Waals surface area contributed by atoms with E-state index in [2.05, 4.69) is 38.2 Å². The summed E-state index contributed by atoms with van der Waals surface area (Å²) in [6.07, 6.45) is 2.19. The highest BCUT2D eigenvalue weighted by atomic mass is 16.5. The number of aromatic nitrogens is 2. The summed E-state index contributed by atoms with van der Waals surface area (Å²) >= 11 is 0. The molecule has 3 heterocycles. The van der Waals surface area contributed by atoms with Crippen LogP contribution in [0.15, 0.2) is 6.07 Å². The Kier molecular flexibility index (Phi) is 4.71. The number of nitriles is 1. The topological polar surface area (TPSA) is 77.3 Å². The summed E-state index contributed by atoms with van der Waals surface area (Å²) in [7, 11) is 2.14. The molecule has 0 bridgehead atoms. The minimum absolute atomic E-state index is 0.222. The Balaban J connectivity index is 1.74. The maximum Gasteiger partial charge on any atom is 0.236 e. The van der Waals surface area contributed by atoms with E-state index in [1.54, 1.807) is 0 Å². The van der Waals surface area contributed by atoms with E-state index in [0.717, 1.165) is 50.7 Å². The van der Waals surface area contributed by atoms with Crippen LogP contribution < -0.4 is 10.2 Å². The van der Waals surface area contributed by atoms with Crippen molar-refractivity contribution in [2.24, 2.45) is 0 Å². The average molecular weight is 302 g/mol. The molecule has 0 aromatic carbocycles. The maximum atomic E-state index is 9.17. The van der Waals surface area contributed by atoms with Crippen LogP contribution in [0.1, 0.15) is 18.7 Å². The van der Waals surface area contributed by atoms with Gasteiger partial charge in [0.25, 0.3) is 0 Å². The first kappa shape index (κ1) is 15.0. The van der Waals surface area contributed by atoms with Crippen molar-refractivity contribution in [2.45, 2.75) is 18.9 Å². The highest BCUT2D eigenvalue weighted by Gasteiger charge is 2.19. The van der Waals surface area contributed by atoms with Gasteiger partial charge in [0.2, 0.25) is 5.82 Å². The van der Waals surface area contributed by atoms with Crippen molar-refractivity contribution < 1.29 is 4.74 Å². The highest BCUT2D eigenvalue weighted by molar-refractivity contribution is 5.51. The van der Waals surface area contributed by atoms with Crippen LogP contribution in [0.2, 0.25) is 0 Å². The average Bonchev–Trinajstić information content (AvgIpc) is 2.57. The third-order valence-electron chi connectivity index (χ3n) is 4.22. The molecule has 2 aliphatic rings. The summed E-state index contributed by atoms with van der Waals surface area (Å²) in [4.78, 5) is 13.1. The molecule has 0 atom stereocenters. The molecule has 0 unspecified atom stereocenters. The number of hydrogen-bond acceptors (Lipinski definition) is 7. The third kappa shape index (κ3) is 3.64. The zero-order chi connectivity index (χ0) is 15.4. The van der Waals surface area contributed by atoms with Crippen LogP contribution in [0.4, 0.5) is 11.6 Å². The lowest BCUT2D eigenvalue weighted by Crippen LogP contribution is -2.38. The fourth-order valence-corrected chi connectivity index (χ4v) is 2.87. The SMILES string of the molecule is CN1CCC(Nc2cc(N3CCOCC3)nc(C#N)n2)CC1. The van der Waals surface area contributed by atoms with E-state index in [0.29, 0.717) is 19.3 Å². The minimum atomic E-state index is 0.222. The van der Waals surface area contributed by atoms with Gasteiger partial charge in [0, 0.05) is 25.2 Å². The fraction of sp³-hybridized carbons (Fsp3) is 0.667. The zero-order valence-corrected chi connectivity index (χ0v) is 13.0. The van der Waals surface area contributed by atoms with Gasteiger partial charge in [-0.25, -0.2) is 9.97 Å². The van der Waals surface area contributed by atoms with E-state index in [-0.39, 0.29) is 5.82 Å². The summed E-state index contributed by atoms with van der Waals surface area (Å²) in [6.45, 7) is 5.17. The van der Waals surface area contributed by atoms with E-state index in [9.17, 15) is 5.26 Å². The molecular formula is C15H22N6O. The second-order valence-corrected chi connectivity index (χ2v) is 5.87. The molecule has 0 spiro atoms. The van der Waals surface area contributed by atoms with E-state index in [1.807, 2.05) is 6.07 Å². The van der Waals surface area contributed by atoms with Gasteiger partial charge < -0.3 is 19.9 Å². The number of hydrogen-bond donors (Lipinski definition) is 1. The predicted molar refractivity (Wildman–Crippen MR) is 83.9 cm³/mol. The number of likely N-dealkylation sites (tertiary alicyclic amines) is 1. The van der Waals surface area contributed by atoms with Crippen LogP contribution >= 0.6 is 0 Å². The molecule has 2 saturated heterocycles. The van der Waals surface area contributed by atoms with Gasteiger partial charge in [-0.2, -0.15) is 5.26 Å². The number of anilines is 2. The molecule has 1 aromatic heterocycles. The van der Waals surface area contributed by atoms with Crippen molar-refractivity contribution in [3.8, 4) is 6.07 Å². The van der Waals surface area contributed by atoms with Crippen LogP contribution in [0.3, 0.4) is 0 Å². The lowest BCUT2D eigenvalue weighted by atomic mass is 10.1. The lowest BCUT2D eigenvalue weighted by Gasteiger charge is -2.31. The van der Waals surface area contributed by atoms with Crippen molar-refractivity contribution in [1.29, 1.82) is 5.26 Å². The Morgan fingerprint density at radius 3 is 2.64 bits per heavy atom. The molecule has 0 saturated carbocycles. The van der Waals surface area contributed by atoms with Crippen molar-refractivity contribution >= 4 is 11.6 Å². The molecule has 2 fully saturated rings. The van der Waals surface area contributed by atoms with Crippen molar-refractivity contribution in [1.82, 2.24) is 14.9 Å². The van der Waals surface area contributed by atoms with Gasteiger partial charge in [0.15, 0.2) is 0 Å². The van der Waals surface area contributed by atoms with E-state index in [4.69, 9.17) is 4.74 Å². The molecule has 0 aliphatic carbocycles. The molecule has 3 rings (SSSR count). The molecule has 1 aromatic rings. The normalized spacial score (nSPS) is 20.6.